The van der Waals surface area contributed by atoms with Crippen LogP contribution < -0.4 is 14.2 Å². The third-order valence-corrected chi connectivity index (χ3v) is 3.79. The summed E-state index contributed by atoms with van der Waals surface area (Å²) in [5, 5.41) is 0. The van der Waals surface area contributed by atoms with E-state index in [4.69, 9.17) is 23.5 Å². The maximum atomic E-state index is 13.2. The molecule has 0 saturated heterocycles. The second-order valence-corrected chi connectivity index (χ2v) is 5.14. The summed E-state index contributed by atoms with van der Waals surface area (Å²) in [6.07, 6.45) is 0. The highest BCUT2D eigenvalue weighted by Gasteiger charge is 2.34. The van der Waals surface area contributed by atoms with Gasteiger partial charge in [-0.3, -0.25) is 9.59 Å². The number of esters is 1. The summed E-state index contributed by atoms with van der Waals surface area (Å²) in [5.41, 5.74) is 0.685. The average molecular weight is 394 g/mol. The van der Waals surface area contributed by atoms with Crippen molar-refractivity contribution in [2.75, 3.05) is 28.4 Å². The summed E-state index contributed by atoms with van der Waals surface area (Å²) in [5.74, 6) is -1.27. The Hall–Kier alpha value is -2.79. The Labute approximate surface area is 159 Å². The Morgan fingerprint density at radius 3 is 1.78 bits per heavy atom. The van der Waals surface area contributed by atoms with Gasteiger partial charge in [0.2, 0.25) is 0 Å². The second-order valence-electron chi connectivity index (χ2n) is 5.14. The molecule has 0 aromatic heterocycles. The molecule has 0 aliphatic heterocycles. The van der Waals surface area contributed by atoms with Gasteiger partial charge in [0, 0.05) is 12.1 Å². The number of Topliss-reactive ketones (excluding diaryl/α,β-unsaturated/α-hetero) is 1. The summed E-state index contributed by atoms with van der Waals surface area (Å²) in [4.78, 5) is 25.5. The lowest BCUT2D eigenvalue weighted by atomic mass is 9.89. The van der Waals surface area contributed by atoms with E-state index < -0.39 is 17.7 Å². The number of benzene rings is 2. The van der Waals surface area contributed by atoms with Crippen molar-refractivity contribution in [2.24, 2.45) is 0 Å². The fraction of sp³-hybridized carbons (Fsp3) is 0.263. The molecule has 2 unspecified atom stereocenters. The predicted octanol–water partition coefficient (Wildman–Crippen LogP) is 2.79. The van der Waals surface area contributed by atoms with E-state index in [-0.39, 0.29) is 17.1 Å². The van der Waals surface area contributed by atoms with E-state index in [1.165, 1.54) is 28.4 Å². The van der Waals surface area contributed by atoms with Gasteiger partial charge in [-0.15, -0.1) is 0 Å². The fourth-order valence-electron chi connectivity index (χ4n) is 2.55. The molecule has 2 aromatic carbocycles. The van der Waals surface area contributed by atoms with Gasteiger partial charge in [-0.25, -0.2) is 0 Å². The molecule has 8 heteroatoms. The lowest BCUT2D eigenvalue weighted by Crippen LogP contribution is -2.24. The van der Waals surface area contributed by atoms with Gasteiger partial charge in [0.1, 0.15) is 28.7 Å². The minimum Gasteiger partial charge on any atom is -0.496 e. The molecule has 0 saturated carbocycles. The van der Waals surface area contributed by atoms with Gasteiger partial charge in [-0.05, 0) is 5.56 Å². The Morgan fingerprint density at radius 1 is 0.852 bits per heavy atom. The third-order valence-electron chi connectivity index (χ3n) is 3.79. The van der Waals surface area contributed by atoms with E-state index in [0.717, 1.165) is 0 Å². The summed E-state index contributed by atoms with van der Waals surface area (Å²) in [6.45, 7) is 0. The first kappa shape index (κ1) is 22.3. The van der Waals surface area contributed by atoms with Crippen LogP contribution in [0.1, 0.15) is 21.8 Å². The molecule has 27 heavy (non-hydrogen) atoms. The van der Waals surface area contributed by atoms with Crippen LogP contribution in [0.5, 0.6) is 17.2 Å². The number of hydrogen-bond acceptors (Lipinski definition) is 7. The Bertz CT molecular complexity index is 752. The van der Waals surface area contributed by atoms with Crippen LogP contribution in [-0.2, 0) is 14.1 Å². The number of ether oxygens (including phenoxy) is 4. The molecular weight excluding hydrogens is 371 g/mol. The second kappa shape index (κ2) is 11.0. The van der Waals surface area contributed by atoms with Crippen LogP contribution in [0.15, 0.2) is 42.5 Å². The minimum absolute atomic E-state index is 0.157. The molecule has 0 amide bonds. The number of carbonyl (C=O) groups is 2. The predicted molar refractivity (Wildman–Crippen MR) is 103 cm³/mol. The first-order valence-electron chi connectivity index (χ1n) is 7.83. The standard InChI is InChI=1S/C19H20O6.H3OP/c1-22-13-10-14(23-2)17(15(11-13)24-3)18(20)16(19(21)25-4)12-8-6-5-7-9-12;1-2/h5-11,16H,1-4H3;2H3. The van der Waals surface area contributed by atoms with E-state index >= 15 is 0 Å². The van der Waals surface area contributed by atoms with Crippen molar-refractivity contribution in [3.8, 4) is 17.2 Å². The number of rotatable bonds is 7. The van der Waals surface area contributed by atoms with Crippen molar-refractivity contribution in [3.63, 3.8) is 0 Å². The topological polar surface area (TPSA) is 88.1 Å². The van der Waals surface area contributed by atoms with Crippen LogP contribution in [0.4, 0.5) is 0 Å². The lowest BCUT2D eigenvalue weighted by molar-refractivity contribution is -0.141. The highest BCUT2D eigenvalue weighted by molar-refractivity contribution is 7.00. The Morgan fingerprint density at radius 2 is 1.37 bits per heavy atom. The molecule has 0 heterocycles. The Kier molecular flexibility index (Phi) is 9.09. The summed E-state index contributed by atoms with van der Waals surface area (Å²) in [7, 11) is 6.21. The number of hydrogen-bond donors (Lipinski definition) is 0. The van der Waals surface area contributed by atoms with Gasteiger partial charge >= 0.3 is 5.97 Å². The summed E-state index contributed by atoms with van der Waals surface area (Å²) < 4.78 is 28.9. The van der Waals surface area contributed by atoms with Crippen LogP contribution in [0, 0.1) is 0 Å². The maximum Gasteiger partial charge on any atom is 0.321 e. The van der Waals surface area contributed by atoms with Crippen molar-refractivity contribution in [1.29, 1.82) is 0 Å². The zero-order valence-corrected chi connectivity index (χ0v) is 17.1. The zero-order valence-electron chi connectivity index (χ0n) is 15.7. The summed E-state index contributed by atoms with van der Waals surface area (Å²) in [6, 6.07) is 11.8. The lowest BCUT2D eigenvalue weighted by Gasteiger charge is -2.18. The van der Waals surface area contributed by atoms with E-state index in [2.05, 4.69) is 0 Å². The van der Waals surface area contributed by atoms with E-state index in [1.807, 2.05) is 0 Å². The van der Waals surface area contributed by atoms with Crippen molar-refractivity contribution in [2.45, 2.75) is 5.92 Å². The monoisotopic (exact) mass is 394 g/mol. The molecular formula is C19H23O7P. The van der Waals surface area contributed by atoms with Gasteiger partial charge in [0.15, 0.2) is 5.78 Å². The smallest absolute Gasteiger partial charge is 0.321 e. The molecule has 0 N–H and O–H groups in total. The van der Waals surface area contributed by atoms with Crippen molar-refractivity contribution >= 4 is 20.9 Å². The first-order chi connectivity index (χ1) is 13.1. The van der Waals surface area contributed by atoms with Gasteiger partial charge in [0.05, 0.1) is 37.6 Å². The van der Waals surface area contributed by atoms with Gasteiger partial charge in [-0.2, -0.15) is 0 Å². The highest BCUT2D eigenvalue weighted by atomic mass is 31.0. The molecule has 0 bridgehead atoms. The van der Waals surface area contributed by atoms with Crippen molar-refractivity contribution in [1.82, 2.24) is 0 Å². The average Bonchev–Trinajstić information content (AvgIpc) is 2.74. The number of ketones is 1. The summed E-state index contributed by atoms with van der Waals surface area (Å²) >= 11 is 0. The number of carbonyl (C=O) groups excluding carboxylic acids is 2. The van der Waals surface area contributed by atoms with E-state index in [9.17, 15) is 9.59 Å². The molecule has 7 nitrogen and oxygen atoms in total. The Balaban J connectivity index is 0.00000176. The normalized spacial score (nSPS) is 10.8. The van der Waals surface area contributed by atoms with E-state index in [1.54, 1.807) is 42.5 Å². The molecule has 0 spiro atoms. The van der Waals surface area contributed by atoms with Crippen LogP contribution in [-0.4, -0.2) is 40.2 Å². The fourth-order valence-corrected chi connectivity index (χ4v) is 2.55. The molecule has 2 rings (SSSR count). The van der Waals surface area contributed by atoms with E-state index in [0.29, 0.717) is 20.4 Å². The molecule has 146 valence electrons. The zero-order chi connectivity index (χ0) is 20.4. The van der Waals surface area contributed by atoms with Crippen molar-refractivity contribution < 1.29 is 33.1 Å². The molecule has 0 aliphatic rings. The SMILES string of the molecule is COC(=O)C(C(=O)c1c(OC)cc(OC)cc1OC)c1ccccc1.O=[PH3]. The first-order valence-corrected chi connectivity index (χ1v) is 8.41. The van der Waals surface area contributed by atoms with Crippen LogP contribution in [0.3, 0.4) is 0 Å². The molecule has 0 aliphatic carbocycles. The third kappa shape index (κ3) is 5.11. The van der Waals surface area contributed by atoms with Crippen LogP contribution >= 0.6 is 9.12 Å². The van der Waals surface area contributed by atoms with Gasteiger partial charge in [-0.1, -0.05) is 30.3 Å². The van der Waals surface area contributed by atoms with Crippen LogP contribution in [0.2, 0.25) is 0 Å². The van der Waals surface area contributed by atoms with Crippen molar-refractivity contribution in [3.05, 3.63) is 53.6 Å². The minimum atomic E-state index is -1.12. The quantitative estimate of drug-likeness (QED) is 0.309. The molecule has 0 fully saturated rings. The molecule has 2 atom stereocenters. The maximum absolute atomic E-state index is 13.2. The van der Waals surface area contributed by atoms with Crippen LogP contribution in [0.25, 0.3) is 0 Å². The molecule has 2 aromatic rings. The number of methoxy groups -OCH3 is 4. The largest absolute Gasteiger partial charge is 0.496 e. The highest BCUT2D eigenvalue weighted by Crippen LogP contribution is 2.37. The molecule has 0 radical (unpaired) electrons. The van der Waals surface area contributed by atoms with Gasteiger partial charge in [0.25, 0.3) is 0 Å². The van der Waals surface area contributed by atoms with Gasteiger partial charge < -0.3 is 23.5 Å².